The number of carbonyl (C=O) groups excluding carboxylic acids is 1. The van der Waals surface area contributed by atoms with Crippen molar-refractivity contribution in [1.82, 2.24) is 10.6 Å². The molecule has 3 rings (SSSR count). The molecule has 0 spiro atoms. The first-order chi connectivity index (χ1) is 14.4. The van der Waals surface area contributed by atoms with Crippen LogP contribution in [0.4, 0.5) is 5.69 Å². The number of dihydropyridines is 2. The van der Waals surface area contributed by atoms with Crippen LogP contribution in [0.5, 0.6) is 5.75 Å². The lowest BCUT2D eigenvalue weighted by Crippen LogP contribution is -2.43. The van der Waals surface area contributed by atoms with Gasteiger partial charge in [0.15, 0.2) is 6.23 Å². The maximum absolute atomic E-state index is 13.1. The number of hydrogen-bond donors (Lipinski definition) is 4. The minimum absolute atomic E-state index is 0.138. The number of nitrogen functional groups attached to an aromatic ring is 1. The Morgan fingerprint density at radius 3 is 2.70 bits per heavy atom. The number of methoxy groups -OCH3 is 1. The van der Waals surface area contributed by atoms with E-state index < -0.39 is 18.1 Å². The SMILES string of the molecule is CCOC1NC=C(C)C2=C1C(c1ccc(N)cc1OC)C(C(=O)OCCN)=C(C)N2. The Balaban J connectivity index is 2.23. The molecule has 8 heteroatoms. The van der Waals surface area contributed by atoms with Crippen molar-refractivity contribution in [3.8, 4) is 5.75 Å². The fourth-order valence-corrected chi connectivity index (χ4v) is 3.91. The summed E-state index contributed by atoms with van der Waals surface area (Å²) in [4.78, 5) is 13.1. The van der Waals surface area contributed by atoms with Crippen LogP contribution in [-0.2, 0) is 14.3 Å². The zero-order chi connectivity index (χ0) is 21.8. The summed E-state index contributed by atoms with van der Waals surface area (Å²) >= 11 is 0. The molecule has 0 fully saturated rings. The largest absolute Gasteiger partial charge is 0.496 e. The number of nitrogens with one attached hydrogen (secondary N) is 2. The second-order valence-corrected chi connectivity index (χ2v) is 7.18. The summed E-state index contributed by atoms with van der Waals surface area (Å²) < 4.78 is 17.0. The first-order valence-electron chi connectivity index (χ1n) is 10.00. The van der Waals surface area contributed by atoms with Crippen molar-refractivity contribution in [2.75, 3.05) is 32.6 Å². The van der Waals surface area contributed by atoms with E-state index >= 15 is 0 Å². The second kappa shape index (κ2) is 9.23. The predicted octanol–water partition coefficient (Wildman–Crippen LogP) is 1.86. The van der Waals surface area contributed by atoms with Gasteiger partial charge in [0.05, 0.1) is 12.7 Å². The number of allylic oxidation sites excluding steroid dienone is 2. The number of hydrogen-bond acceptors (Lipinski definition) is 8. The monoisotopic (exact) mass is 414 g/mol. The van der Waals surface area contributed by atoms with E-state index in [9.17, 15) is 4.79 Å². The number of nitrogens with two attached hydrogens (primary N) is 2. The maximum Gasteiger partial charge on any atom is 0.336 e. The molecule has 1 aromatic carbocycles. The first-order valence-corrected chi connectivity index (χ1v) is 10.00. The quantitative estimate of drug-likeness (QED) is 0.394. The van der Waals surface area contributed by atoms with E-state index in [1.165, 1.54) is 0 Å². The summed E-state index contributed by atoms with van der Waals surface area (Å²) in [6.45, 7) is 6.69. The van der Waals surface area contributed by atoms with Gasteiger partial charge in [0.2, 0.25) is 0 Å². The van der Waals surface area contributed by atoms with Crippen LogP contribution in [0.2, 0.25) is 0 Å². The second-order valence-electron chi connectivity index (χ2n) is 7.18. The number of rotatable bonds is 7. The first kappa shape index (κ1) is 21.7. The van der Waals surface area contributed by atoms with Crippen LogP contribution in [0, 0.1) is 0 Å². The molecule has 2 unspecified atom stereocenters. The summed E-state index contributed by atoms with van der Waals surface area (Å²) in [5.41, 5.74) is 16.9. The van der Waals surface area contributed by atoms with Gasteiger partial charge in [0.1, 0.15) is 12.4 Å². The van der Waals surface area contributed by atoms with Crippen molar-refractivity contribution in [3.63, 3.8) is 0 Å². The normalized spacial score (nSPS) is 20.8. The van der Waals surface area contributed by atoms with Crippen molar-refractivity contribution in [2.45, 2.75) is 32.9 Å². The van der Waals surface area contributed by atoms with Gasteiger partial charge >= 0.3 is 5.97 Å². The van der Waals surface area contributed by atoms with Gasteiger partial charge < -0.3 is 36.3 Å². The van der Waals surface area contributed by atoms with E-state index in [0.717, 1.165) is 22.4 Å². The summed E-state index contributed by atoms with van der Waals surface area (Å²) in [6.07, 6.45) is 1.49. The molecule has 0 aromatic heterocycles. The molecule has 0 aliphatic carbocycles. The van der Waals surface area contributed by atoms with E-state index in [4.69, 9.17) is 25.7 Å². The van der Waals surface area contributed by atoms with Crippen LogP contribution in [0.15, 0.2) is 52.5 Å². The lowest BCUT2D eigenvalue weighted by molar-refractivity contribution is -0.139. The molecule has 0 amide bonds. The van der Waals surface area contributed by atoms with Crippen molar-refractivity contribution in [1.29, 1.82) is 0 Å². The molecule has 2 aliphatic heterocycles. The predicted molar refractivity (Wildman–Crippen MR) is 115 cm³/mol. The van der Waals surface area contributed by atoms with Gasteiger partial charge in [-0.15, -0.1) is 0 Å². The highest BCUT2D eigenvalue weighted by atomic mass is 16.5. The van der Waals surface area contributed by atoms with Crippen LogP contribution < -0.4 is 26.8 Å². The summed E-state index contributed by atoms with van der Waals surface area (Å²) in [7, 11) is 1.59. The van der Waals surface area contributed by atoms with Gasteiger partial charge in [-0.3, -0.25) is 0 Å². The molecule has 0 saturated carbocycles. The van der Waals surface area contributed by atoms with E-state index in [1.807, 2.05) is 33.0 Å². The van der Waals surface area contributed by atoms with Crippen molar-refractivity contribution >= 4 is 11.7 Å². The molecule has 30 heavy (non-hydrogen) atoms. The zero-order valence-electron chi connectivity index (χ0n) is 17.9. The summed E-state index contributed by atoms with van der Waals surface area (Å²) in [5.74, 6) is -0.286. The van der Waals surface area contributed by atoms with Crippen LogP contribution in [0.3, 0.4) is 0 Å². The Labute approximate surface area is 176 Å². The van der Waals surface area contributed by atoms with Gasteiger partial charge in [-0.2, -0.15) is 0 Å². The van der Waals surface area contributed by atoms with Crippen molar-refractivity contribution in [2.24, 2.45) is 5.73 Å². The third kappa shape index (κ3) is 4.01. The summed E-state index contributed by atoms with van der Waals surface area (Å²) in [5, 5.41) is 6.68. The number of carbonyl (C=O) groups is 1. The third-order valence-electron chi connectivity index (χ3n) is 5.21. The molecule has 6 N–H and O–H groups in total. The highest BCUT2D eigenvalue weighted by Gasteiger charge is 2.41. The van der Waals surface area contributed by atoms with Crippen LogP contribution >= 0.6 is 0 Å². The topological polar surface area (TPSA) is 121 Å². The molecular weight excluding hydrogens is 384 g/mol. The van der Waals surface area contributed by atoms with Gasteiger partial charge in [-0.05, 0) is 32.4 Å². The van der Waals surface area contributed by atoms with Crippen molar-refractivity contribution in [3.05, 3.63) is 58.1 Å². The lowest BCUT2D eigenvalue weighted by Gasteiger charge is -2.39. The molecule has 1 aromatic rings. The molecule has 8 nitrogen and oxygen atoms in total. The maximum atomic E-state index is 13.1. The Hall–Kier alpha value is -2.97. The van der Waals surface area contributed by atoms with E-state index in [1.54, 1.807) is 19.2 Å². The van der Waals surface area contributed by atoms with Crippen molar-refractivity contribution < 1.29 is 19.0 Å². The number of ether oxygens (including phenoxy) is 3. The van der Waals surface area contributed by atoms with Gasteiger partial charge in [-0.1, -0.05) is 6.07 Å². The Morgan fingerprint density at radius 2 is 2.03 bits per heavy atom. The Kier molecular flexibility index (Phi) is 6.69. The molecule has 162 valence electrons. The average molecular weight is 415 g/mol. The molecule has 2 heterocycles. The van der Waals surface area contributed by atoms with E-state index in [0.29, 0.717) is 29.3 Å². The van der Waals surface area contributed by atoms with Gasteiger partial charge in [-0.25, -0.2) is 4.79 Å². The molecule has 2 atom stereocenters. The Morgan fingerprint density at radius 1 is 1.27 bits per heavy atom. The van der Waals surface area contributed by atoms with Crippen LogP contribution in [0.1, 0.15) is 32.3 Å². The number of anilines is 1. The highest BCUT2D eigenvalue weighted by molar-refractivity contribution is 5.93. The molecule has 0 bridgehead atoms. The molecule has 0 saturated heterocycles. The summed E-state index contributed by atoms with van der Waals surface area (Å²) in [6, 6.07) is 5.44. The van der Waals surface area contributed by atoms with Gasteiger partial charge in [0, 0.05) is 59.6 Å². The highest BCUT2D eigenvalue weighted by Crippen LogP contribution is 2.46. The fraction of sp³-hybridized carbons (Fsp3) is 0.409. The van der Waals surface area contributed by atoms with E-state index in [2.05, 4.69) is 10.6 Å². The molecule has 0 radical (unpaired) electrons. The standard InChI is InChI=1S/C22H30N4O4/c1-5-29-21-19-18(15-7-6-14(24)10-16(15)28-4)17(22(27)30-9-8-23)13(3)26-20(19)12(2)11-25-21/h6-7,10-11,18,21,25-26H,5,8-9,23-24H2,1-4H3. The minimum atomic E-state index is -0.449. The lowest BCUT2D eigenvalue weighted by atomic mass is 9.77. The fourth-order valence-electron chi connectivity index (χ4n) is 3.91. The number of esters is 1. The molecular formula is C22H30N4O4. The van der Waals surface area contributed by atoms with Gasteiger partial charge in [0.25, 0.3) is 0 Å². The Bertz CT molecular complexity index is 920. The smallest absolute Gasteiger partial charge is 0.336 e. The number of benzene rings is 1. The third-order valence-corrected chi connectivity index (χ3v) is 5.21. The van der Waals surface area contributed by atoms with Crippen LogP contribution in [0.25, 0.3) is 0 Å². The zero-order valence-corrected chi connectivity index (χ0v) is 17.9. The minimum Gasteiger partial charge on any atom is -0.496 e. The average Bonchev–Trinajstić information content (AvgIpc) is 2.73. The van der Waals surface area contributed by atoms with E-state index in [-0.39, 0.29) is 13.2 Å². The molecule has 2 aliphatic rings. The van der Waals surface area contributed by atoms with Crippen LogP contribution in [-0.4, -0.2) is 39.1 Å².